The summed E-state index contributed by atoms with van der Waals surface area (Å²) in [5, 5.41) is 14.8. The van der Waals surface area contributed by atoms with Crippen LogP contribution in [0.1, 0.15) is 26.3 Å². The molecule has 6 nitrogen and oxygen atoms in total. The molecule has 0 aromatic heterocycles. The van der Waals surface area contributed by atoms with Gasteiger partial charge in [-0.25, -0.2) is 8.78 Å². The van der Waals surface area contributed by atoms with Gasteiger partial charge in [0.1, 0.15) is 12.6 Å². The third-order valence-corrected chi connectivity index (χ3v) is 5.68. The number of halogens is 2. The molecule has 1 aromatic carbocycles. The van der Waals surface area contributed by atoms with Crippen LogP contribution in [0.2, 0.25) is 0 Å². The molecule has 8 heteroatoms. The van der Waals surface area contributed by atoms with E-state index in [4.69, 9.17) is 9.57 Å². The Morgan fingerprint density at radius 3 is 2.70 bits per heavy atom. The number of carbonyl (C=O) groups excluding carboxylic acids is 1. The zero-order valence-electron chi connectivity index (χ0n) is 15.7. The first kappa shape index (κ1) is 20.1. The second-order valence-electron chi connectivity index (χ2n) is 8.02. The van der Waals surface area contributed by atoms with Gasteiger partial charge in [0, 0.05) is 0 Å². The van der Waals surface area contributed by atoms with Gasteiger partial charge in [-0.1, -0.05) is 30.3 Å². The molecule has 1 aromatic rings. The number of aliphatic hydroxyl groups is 1. The SMILES string of the molecule is CC(O)(CN1OCC2NCC(F)(F)C21)C(C)(C)C(=O)OCc1ccccc1. The maximum absolute atomic E-state index is 14.1. The quantitative estimate of drug-likeness (QED) is 0.728. The Morgan fingerprint density at radius 2 is 2.04 bits per heavy atom. The summed E-state index contributed by atoms with van der Waals surface area (Å²) >= 11 is 0. The molecular weight excluding hydrogens is 358 g/mol. The van der Waals surface area contributed by atoms with Crippen molar-refractivity contribution in [1.29, 1.82) is 0 Å². The Morgan fingerprint density at radius 1 is 1.37 bits per heavy atom. The van der Waals surface area contributed by atoms with Crippen LogP contribution in [0.25, 0.3) is 0 Å². The minimum atomic E-state index is -2.96. The van der Waals surface area contributed by atoms with E-state index in [1.165, 1.54) is 6.92 Å². The van der Waals surface area contributed by atoms with Crippen LogP contribution < -0.4 is 5.32 Å². The minimum Gasteiger partial charge on any atom is -0.460 e. The summed E-state index contributed by atoms with van der Waals surface area (Å²) in [5.74, 6) is -3.57. The molecule has 3 rings (SSSR count). The highest BCUT2D eigenvalue weighted by Crippen LogP contribution is 2.39. The third kappa shape index (κ3) is 3.85. The highest BCUT2D eigenvalue weighted by Gasteiger charge is 2.59. The summed E-state index contributed by atoms with van der Waals surface area (Å²) in [7, 11) is 0. The second-order valence-corrected chi connectivity index (χ2v) is 8.02. The monoisotopic (exact) mass is 384 g/mol. The Balaban J connectivity index is 1.66. The maximum Gasteiger partial charge on any atom is 0.314 e. The fraction of sp³-hybridized carbons (Fsp3) is 0.632. The normalized spacial score (nSPS) is 27.2. The summed E-state index contributed by atoms with van der Waals surface area (Å²) in [4.78, 5) is 18.0. The number of ether oxygens (including phenoxy) is 1. The van der Waals surface area contributed by atoms with Crippen molar-refractivity contribution in [2.24, 2.45) is 5.41 Å². The number of benzene rings is 1. The van der Waals surface area contributed by atoms with Gasteiger partial charge in [-0.2, -0.15) is 5.06 Å². The van der Waals surface area contributed by atoms with Crippen LogP contribution in [0.5, 0.6) is 0 Å². The molecule has 0 saturated carbocycles. The molecule has 3 atom stereocenters. The highest BCUT2D eigenvalue weighted by molar-refractivity contribution is 5.77. The van der Waals surface area contributed by atoms with Gasteiger partial charge in [0.25, 0.3) is 5.92 Å². The molecule has 2 heterocycles. The fourth-order valence-corrected chi connectivity index (χ4v) is 3.36. The van der Waals surface area contributed by atoms with Gasteiger partial charge in [0.2, 0.25) is 0 Å². The number of esters is 1. The zero-order valence-corrected chi connectivity index (χ0v) is 15.7. The van der Waals surface area contributed by atoms with Crippen LogP contribution in [-0.4, -0.2) is 59.4 Å². The van der Waals surface area contributed by atoms with Gasteiger partial charge in [0.05, 0.1) is 36.8 Å². The molecular formula is C19H26F2N2O4. The Labute approximate surface area is 157 Å². The van der Waals surface area contributed by atoms with Crippen molar-refractivity contribution in [3.63, 3.8) is 0 Å². The fourth-order valence-electron chi connectivity index (χ4n) is 3.36. The molecule has 2 aliphatic heterocycles. The van der Waals surface area contributed by atoms with E-state index >= 15 is 0 Å². The second kappa shape index (κ2) is 7.09. The first-order chi connectivity index (χ1) is 12.5. The summed E-state index contributed by atoms with van der Waals surface area (Å²) in [6.45, 7) is 4.04. The van der Waals surface area contributed by atoms with E-state index in [2.05, 4.69) is 5.32 Å². The van der Waals surface area contributed by atoms with Crippen LogP contribution in [0.15, 0.2) is 30.3 Å². The van der Waals surface area contributed by atoms with Crippen molar-refractivity contribution < 1.29 is 28.3 Å². The molecule has 150 valence electrons. The average Bonchev–Trinajstić information content (AvgIpc) is 3.14. The average molecular weight is 384 g/mol. The number of hydrogen-bond donors (Lipinski definition) is 2. The standard InChI is InChI=1S/C19H26F2N2O4/c1-17(2,16(24)26-9-13-7-5-4-6-8-13)18(3,25)12-23-15-14(10-27-23)22-11-19(15,20)21/h4-8,14-15,22,25H,9-12H2,1-3H3. The van der Waals surface area contributed by atoms with Gasteiger partial charge in [-0.15, -0.1) is 0 Å². The summed E-state index contributed by atoms with van der Waals surface area (Å²) < 4.78 is 33.6. The zero-order chi connectivity index (χ0) is 19.9. The lowest BCUT2D eigenvalue weighted by atomic mass is 9.75. The van der Waals surface area contributed by atoms with Gasteiger partial charge in [0.15, 0.2) is 0 Å². The molecule has 0 aliphatic carbocycles. The first-order valence-corrected chi connectivity index (χ1v) is 8.99. The summed E-state index contributed by atoms with van der Waals surface area (Å²) in [6, 6.07) is 7.52. The molecule has 0 bridgehead atoms. The molecule has 2 fully saturated rings. The van der Waals surface area contributed by atoms with Crippen LogP contribution in [0, 0.1) is 5.41 Å². The van der Waals surface area contributed by atoms with Crippen molar-refractivity contribution >= 4 is 5.97 Å². The Kier molecular flexibility index (Phi) is 5.28. The van der Waals surface area contributed by atoms with Crippen molar-refractivity contribution in [3.8, 4) is 0 Å². The van der Waals surface area contributed by atoms with Crippen molar-refractivity contribution in [1.82, 2.24) is 10.4 Å². The molecule has 0 amide bonds. The number of carbonyl (C=O) groups is 1. The predicted octanol–water partition coefficient (Wildman–Crippen LogP) is 1.73. The number of hydroxylamine groups is 2. The van der Waals surface area contributed by atoms with Gasteiger partial charge in [-0.3, -0.25) is 9.63 Å². The van der Waals surface area contributed by atoms with E-state index in [9.17, 15) is 18.7 Å². The van der Waals surface area contributed by atoms with E-state index in [1.54, 1.807) is 13.8 Å². The number of fused-ring (bicyclic) bond motifs is 1. The number of hydrogen-bond acceptors (Lipinski definition) is 6. The van der Waals surface area contributed by atoms with Crippen molar-refractivity contribution in [2.45, 2.75) is 51.0 Å². The molecule has 0 radical (unpaired) electrons. The Bertz CT molecular complexity index is 682. The minimum absolute atomic E-state index is 0.0755. The van der Waals surface area contributed by atoms with E-state index in [0.29, 0.717) is 0 Å². The van der Waals surface area contributed by atoms with Gasteiger partial charge >= 0.3 is 5.97 Å². The molecule has 27 heavy (non-hydrogen) atoms. The summed E-state index contributed by atoms with van der Waals surface area (Å²) in [6.07, 6.45) is 0. The van der Waals surface area contributed by atoms with Gasteiger partial charge in [-0.05, 0) is 26.3 Å². The van der Waals surface area contributed by atoms with Crippen LogP contribution in [0.3, 0.4) is 0 Å². The Hall–Kier alpha value is -1.61. The van der Waals surface area contributed by atoms with Crippen LogP contribution in [-0.2, 0) is 21.0 Å². The van der Waals surface area contributed by atoms with Crippen molar-refractivity contribution in [2.75, 3.05) is 19.7 Å². The topological polar surface area (TPSA) is 71.0 Å². The van der Waals surface area contributed by atoms with Gasteiger partial charge < -0.3 is 15.2 Å². The third-order valence-electron chi connectivity index (χ3n) is 5.68. The van der Waals surface area contributed by atoms with Crippen LogP contribution >= 0.6 is 0 Å². The highest BCUT2D eigenvalue weighted by atomic mass is 19.3. The number of β-amino-alcohol motifs (C(OH)–C–C–N with tert-alkyl or cyclic N) is 1. The van der Waals surface area contributed by atoms with E-state index < -0.39 is 41.5 Å². The number of rotatable bonds is 6. The molecule has 2 saturated heterocycles. The predicted molar refractivity (Wildman–Crippen MR) is 93.8 cm³/mol. The molecule has 3 unspecified atom stereocenters. The largest absolute Gasteiger partial charge is 0.460 e. The molecule has 2 N–H and O–H groups in total. The molecule has 0 spiro atoms. The van der Waals surface area contributed by atoms with E-state index in [-0.39, 0.29) is 19.8 Å². The van der Waals surface area contributed by atoms with E-state index in [1.807, 2.05) is 30.3 Å². The van der Waals surface area contributed by atoms with Crippen molar-refractivity contribution in [3.05, 3.63) is 35.9 Å². The lowest BCUT2D eigenvalue weighted by Crippen LogP contribution is -2.57. The maximum atomic E-state index is 14.1. The lowest BCUT2D eigenvalue weighted by molar-refractivity contribution is -0.221. The lowest BCUT2D eigenvalue weighted by Gasteiger charge is -2.41. The number of alkyl halides is 2. The number of nitrogens with zero attached hydrogens (tertiary/aromatic N) is 1. The smallest absolute Gasteiger partial charge is 0.314 e. The summed E-state index contributed by atoms with van der Waals surface area (Å²) in [5.41, 5.74) is -2.15. The van der Waals surface area contributed by atoms with E-state index in [0.717, 1.165) is 10.6 Å². The first-order valence-electron chi connectivity index (χ1n) is 8.99. The van der Waals surface area contributed by atoms with Crippen LogP contribution in [0.4, 0.5) is 8.78 Å². The number of nitrogens with one attached hydrogen (secondary N) is 1. The molecule has 2 aliphatic rings.